The van der Waals surface area contributed by atoms with E-state index in [-0.39, 0.29) is 15.9 Å². The van der Waals surface area contributed by atoms with Gasteiger partial charge in [0.25, 0.3) is 5.91 Å². The molecule has 1 rings (SSSR count). The van der Waals surface area contributed by atoms with Gasteiger partial charge in [0.1, 0.15) is 5.82 Å². The number of benzene rings is 1. The van der Waals surface area contributed by atoms with Crippen LogP contribution < -0.4 is 5.32 Å². The van der Waals surface area contributed by atoms with E-state index in [1.54, 1.807) is 6.07 Å². The first kappa shape index (κ1) is 14.6. The predicted molar refractivity (Wildman–Crippen MR) is 71.0 cm³/mol. The molecule has 0 aromatic heterocycles. The van der Waals surface area contributed by atoms with Crippen molar-refractivity contribution < 1.29 is 13.9 Å². The third-order valence-corrected chi connectivity index (χ3v) is 3.08. The molecule has 1 N–H and O–H groups in total. The fourth-order valence-corrected chi connectivity index (χ4v) is 1.84. The van der Waals surface area contributed by atoms with Gasteiger partial charge in [-0.15, -0.1) is 0 Å². The molecule has 0 bridgehead atoms. The van der Waals surface area contributed by atoms with E-state index in [1.165, 1.54) is 12.1 Å². The van der Waals surface area contributed by atoms with E-state index < -0.39 is 5.82 Å². The van der Waals surface area contributed by atoms with Crippen molar-refractivity contribution >= 4 is 37.8 Å². The summed E-state index contributed by atoms with van der Waals surface area (Å²) < 4.78 is 18.5. The Morgan fingerprint density at radius 3 is 2.88 bits per heavy atom. The van der Waals surface area contributed by atoms with Gasteiger partial charge in [-0.3, -0.25) is 4.79 Å². The lowest BCUT2D eigenvalue weighted by molar-refractivity contribution is 0.0923. The highest BCUT2D eigenvalue weighted by Gasteiger charge is 2.12. The van der Waals surface area contributed by atoms with Crippen molar-refractivity contribution in [2.75, 3.05) is 25.1 Å². The van der Waals surface area contributed by atoms with Crippen molar-refractivity contribution in [1.29, 1.82) is 0 Å². The van der Waals surface area contributed by atoms with Gasteiger partial charge in [-0.2, -0.15) is 0 Å². The predicted octanol–water partition coefficient (Wildman–Crippen LogP) is 2.73. The van der Waals surface area contributed by atoms with Crippen molar-refractivity contribution in [2.45, 2.75) is 0 Å². The van der Waals surface area contributed by atoms with E-state index in [2.05, 4.69) is 37.2 Å². The third kappa shape index (κ3) is 4.73. The van der Waals surface area contributed by atoms with Crippen LogP contribution in [0.2, 0.25) is 0 Å². The number of halogens is 3. The zero-order valence-corrected chi connectivity index (χ0v) is 12.2. The number of carbonyl (C=O) groups is 1. The Hall–Kier alpha value is -0.460. The monoisotopic (exact) mass is 367 g/mol. The average molecular weight is 369 g/mol. The van der Waals surface area contributed by atoms with Crippen LogP contribution in [0.4, 0.5) is 4.39 Å². The minimum absolute atomic E-state index is 0.180. The number of carbonyl (C=O) groups excluding carboxylic acids is 1. The quantitative estimate of drug-likeness (QED) is 0.619. The molecule has 94 valence electrons. The SMILES string of the molecule is O=C(NCCOCCBr)c1cccc(F)c1Br. The second kappa shape index (κ2) is 7.79. The Balaban J connectivity index is 2.44. The highest BCUT2D eigenvalue weighted by molar-refractivity contribution is 9.10. The van der Waals surface area contributed by atoms with Crippen LogP contribution in [0.1, 0.15) is 10.4 Å². The van der Waals surface area contributed by atoms with Gasteiger partial charge in [-0.1, -0.05) is 22.0 Å². The number of rotatable bonds is 6. The zero-order valence-electron chi connectivity index (χ0n) is 9.01. The van der Waals surface area contributed by atoms with Crippen LogP contribution >= 0.6 is 31.9 Å². The van der Waals surface area contributed by atoms with E-state index in [1.807, 2.05) is 0 Å². The van der Waals surface area contributed by atoms with Gasteiger partial charge in [0.05, 0.1) is 23.2 Å². The fourth-order valence-electron chi connectivity index (χ4n) is 1.17. The first-order valence-corrected chi connectivity index (χ1v) is 6.94. The van der Waals surface area contributed by atoms with Crippen molar-refractivity contribution in [1.82, 2.24) is 5.32 Å². The molecule has 1 amide bonds. The molecule has 0 unspecified atom stereocenters. The summed E-state index contributed by atoms with van der Waals surface area (Å²) in [5.74, 6) is -0.771. The molecular weight excluding hydrogens is 357 g/mol. The summed E-state index contributed by atoms with van der Waals surface area (Å²) in [4.78, 5) is 11.7. The third-order valence-electron chi connectivity index (χ3n) is 1.95. The van der Waals surface area contributed by atoms with Crippen molar-refractivity contribution in [3.8, 4) is 0 Å². The largest absolute Gasteiger partial charge is 0.379 e. The van der Waals surface area contributed by atoms with Crippen molar-refractivity contribution in [3.05, 3.63) is 34.1 Å². The standard InChI is InChI=1S/C11H12Br2FNO2/c12-4-6-17-7-5-15-11(16)8-2-1-3-9(14)10(8)13/h1-3H,4-7H2,(H,15,16). The Bertz CT molecular complexity index is 388. The maximum absolute atomic E-state index is 13.2. The molecule has 0 radical (unpaired) electrons. The van der Waals surface area contributed by atoms with E-state index in [9.17, 15) is 9.18 Å². The van der Waals surface area contributed by atoms with Gasteiger partial charge in [0, 0.05) is 11.9 Å². The zero-order chi connectivity index (χ0) is 12.7. The van der Waals surface area contributed by atoms with E-state index >= 15 is 0 Å². The summed E-state index contributed by atoms with van der Waals surface area (Å²) in [6.45, 7) is 1.43. The molecule has 0 aliphatic heterocycles. The molecule has 0 aliphatic rings. The maximum Gasteiger partial charge on any atom is 0.252 e. The molecule has 0 spiro atoms. The minimum Gasteiger partial charge on any atom is -0.379 e. The van der Waals surface area contributed by atoms with Gasteiger partial charge in [-0.25, -0.2) is 4.39 Å². The number of alkyl halides is 1. The molecule has 1 aromatic carbocycles. The van der Waals surface area contributed by atoms with E-state index in [0.717, 1.165) is 5.33 Å². The molecule has 6 heteroatoms. The smallest absolute Gasteiger partial charge is 0.252 e. The first-order valence-electron chi connectivity index (χ1n) is 5.02. The van der Waals surface area contributed by atoms with Crippen LogP contribution in [0.25, 0.3) is 0 Å². The summed E-state index contributed by atoms with van der Waals surface area (Å²) in [5.41, 5.74) is 0.283. The number of nitrogens with one attached hydrogen (secondary N) is 1. The van der Waals surface area contributed by atoms with E-state index in [4.69, 9.17) is 4.74 Å². The molecule has 17 heavy (non-hydrogen) atoms. The van der Waals surface area contributed by atoms with Crippen LogP contribution in [0.15, 0.2) is 22.7 Å². The van der Waals surface area contributed by atoms with Crippen molar-refractivity contribution in [3.63, 3.8) is 0 Å². The molecule has 0 atom stereocenters. The van der Waals surface area contributed by atoms with Crippen LogP contribution in [-0.2, 0) is 4.74 Å². The summed E-state index contributed by atoms with van der Waals surface area (Å²) in [6, 6.07) is 4.35. The normalized spacial score (nSPS) is 10.3. The summed E-state index contributed by atoms with van der Waals surface area (Å²) >= 11 is 6.27. The van der Waals surface area contributed by atoms with Crippen LogP contribution in [0.5, 0.6) is 0 Å². The summed E-state index contributed by atoms with van der Waals surface area (Å²) in [7, 11) is 0. The fraction of sp³-hybridized carbons (Fsp3) is 0.364. The molecule has 0 aliphatic carbocycles. The van der Waals surface area contributed by atoms with Gasteiger partial charge in [0.15, 0.2) is 0 Å². The number of amides is 1. The van der Waals surface area contributed by atoms with Gasteiger partial charge >= 0.3 is 0 Å². The highest BCUT2D eigenvalue weighted by Crippen LogP contribution is 2.19. The summed E-state index contributed by atoms with van der Waals surface area (Å²) in [6.07, 6.45) is 0. The number of hydrogen-bond acceptors (Lipinski definition) is 2. The molecule has 0 saturated carbocycles. The van der Waals surface area contributed by atoms with Gasteiger partial charge in [-0.05, 0) is 28.1 Å². The summed E-state index contributed by atoms with van der Waals surface area (Å²) in [5, 5.41) is 3.41. The van der Waals surface area contributed by atoms with E-state index in [0.29, 0.717) is 19.8 Å². The number of ether oxygens (including phenoxy) is 1. The second-order valence-corrected chi connectivity index (χ2v) is 4.74. The van der Waals surface area contributed by atoms with Gasteiger partial charge in [0.2, 0.25) is 0 Å². The Labute approximate surface area is 116 Å². The van der Waals surface area contributed by atoms with Crippen molar-refractivity contribution in [2.24, 2.45) is 0 Å². The van der Waals surface area contributed by atoms with Crippen LogP contribution in [0, 0.1) is 5.82 Å². The average Bonchev–Trinajstić information content (AvgIpc) is 2.32. The lowest BCUT2D eigenvalue weighted by Gasteiger charge is -2.07. The lowest BCUT2D eigenvalue weighted by atomic mass is 10.2. The highest BCUT2D eigenvalue weighted by atomic mass is 79.9. The Morgan fingerprint density at radius 1 is 1.41 bits per heavy atom. The lowest BCUT2D eigenvalue weighted by Crippen LogP contribution is -2.27. The Kier molecular flexibility index (Phi) is 6.69. The van der Waals surface area contributed by atoms with Crippen LogP contribution in [-0.4, -0.2) is 31.0 Å². The molecule has 0 heterocycles. The molecule has 0 saturated heterocycles. The molecule has 0 fully saturated rings. The first-order chi connectivity index (χ1) is 8.16. The molecule has 3 nitrogen and oxygen atoms in total. The minimum atomic E-state index is -0.451. The topological polar surface area (TPSA) is 38.3 Å². The second-order valence-electron chi connectivity index (χ2n) is 3.16. The van der Waals surface area contributed by atoms with Crippen LogP contribution in [0.3, 0.4) is 0 Å². The molecular formula is C11H12Br2FNO2. The van der Waals surface area contributed by atoms with Gasteiger partial charge < -0.3 is 10.1 Å². The maximum atomic E-state index is 13.2. The molecule has 1 aromatic rings. The number of hydrogen-bond donors (Lipinski definition) is 1. The Morgan fingerprint density at radius 2 is 2.18 bits per heavy atom.